The first kappa shape index (κ1) is 12.9. The molecule has 1 aromatic carbocycles. The number of amides is 1. The first-order chi connectivity index (χ1) is 8.81. The van der Waals surface area contributed by atoms with Crippen molar-refractivity contribution in [1.29, 1.82) is 0 Å². The Labute approximate surface area is 109 Å². The zero-order valence-corrected chi connectivity index (χ0v) is 10.9. The van der Waals surface area contributed by atoms with Crippen LogP contribution in [0.25, 0.3) is 0 Å². The number of ether oxygens (including phenoxy) is 1. The monoisotopic (exact) mass is 247 g/mol. The predicted molar refractivity (Wildman–Crippen MR) is 71.7 cm³/mol. The summed E-state index contributed by atoms with van der Waals surface area (Å²) in [6, 6.07) is 8.11. The molecule has 1 amide bonds. The first-order valence-electron chi connectivity index (χ1n) is 6.71. The van der Waals surface area contributed by atoms with Crippen LogP contribution in [-0.4, -0.2) is 19.6 Å². The maximum atomic E-state index is 11.4. The molecule has 18 heavy (non-hydrogen) atoms. The molecule has 0 aromatic heterocycles. The highest BCUT2D eigenvalue weighted by Gasteiger charge is 2.28. The summed E-state index contributed by atoms with van der Waals surface area (Å²) in [7, 11) is 1.70. The fourth-order valence-corrected chi connectivity index (χ4v) is 2.05. The van der Waals surface area contributed by atoms with Crippen LogP contribution in [0.4, 0.5) is 0 Å². The van der Waals surface area contributed by atoms with Gasteiger partial charge in [-0.3, -0.25) is 4.79 Å². The predicted octanol–water partition coefficient (Wildman–Crippen LogP) is 2.54. The normalized spacial score (nSPS) is 14.3. The van der Waals surface area contributed by atoms with E-state index in [0.717, 1.165) is 44.4 Å². The lowest BCUT2D eigenvalue weighted by atomic mass is 10.1. The molecular formula is C15H21NO2. The quantitative estimate of drug-likeness (QED) is 0.752. The van der Waals surface area contributed by atoms with Crippen molar-refractivity contribution in [2.24, 2.45) is 5.92 Å². The van der Waals surface area contributed by atoms with Gasteiger partial charge in [-0.1, -0.05) is 18.2 Å². The van der Waals surface area contributed by atoms with Gasteiger partial charge in [0.2, 0.25) is 5.91 Å². The number of unbranched alkanes of at least 4 members (excludes halogenated alkanes) is 1. The number of carbonyl (C=O) groups excluding carboxylic acids is 1. The number of hydrogen-bond acceptors (Lipinski definition) is 2. The number of methoxy groups -OCH3 is 1. The summed E-state index contributed by atoms with van der Waals surface area (Å²) in [6.45, 7) is 0.796. The Balaban J connectivity index is 1.63. The van der Waals surface area contributed by atoms with Gasteiger partial charge < -0.3 is 10.1 Å². The van der Waals surface area contributed by atoms with Crippen molar-refractivity contribution in [3.05, 3.63) is 29.8 Å². The summed E-state index contributed by atoms with van der Waals surface area (Å²) >= 11 is 0. The second kappa shape index (κ2) is 6.43. The third-order valence-corrected chi connectivity index (χ3v) is 3.31. The number of carbonyl (C=O) groups is 1. The zero-order valence-electron chi connectivity index (χ0n) is 10.9. The van der Waals surface area contributed by atoms with E-state index in [-0.39, 0.29) is 5.91 Å². The summed E-state index contributed by atoms with van der Waals surface area (Å²) in [6.07, 6.45) is 5.26. The molecule has 1 saturated carbocycles. The van der Waals surface area contributed by atoms with Crippen molar-refractivity contribution in [2.45, 2.75) is 32.1 Å². The fourth-order valence-electron chi connectivity index (χ4n) is 2.05. The fraction of sp³-hybridized carbons (Fsp3) is 0.533. The number of benzene rings is 1. The summed E-state index contributed by atoms with van der Waals surface area (Å²) in [5, 5.41) is 2.99. The highest BCUT2D eigenvalue weighted by molar-refractivity contribution is 5.80. The second-order valence-corrected chi connectivity index (χ2v) is 4.83. The number of rotatable bonds is 7. The molecular weight excluding hydrogens is 226 g/mol. The lowest BCUT2D eigenvalue weighted by Gasteiger charge is -2.08. The van der Waals surface area contributed by atoms with E-state index in [2.05, 4.69) is 11.4 Å². The lowest BCUT2D eigenvalue weighted by Crippen LogP contribution is -2.25. The van der Waals surface area contributed by atoms with Crippen LogP contribution in [0, 0.1) is 5.92 Å². The molecule has 1 fully saturated rings. The van der Waals surface area contributed by atoms with E-state index < -0.39 is 0 Å². The molecule has 0 saturated heterocycles. The van der Waals surface area contributed by atoms with E-state index in [1.165, 1.54) is 5.56 Å². The Morgan fingerprint density at radius 1 is 1.33 bits per heavy atom. The minimum atomic E-state index is 0.243. The van der Waals surface area contributed by atoms with Gasteiger partial charge in [0.15, 0.2) is 0 Å². The number of nitrogens with one attached hydrogen (secondary N) is 1. The molecule has 0 radical (unpaired) electrons. The molecule has 1 aromatic rings. The molecule has 1 aliphatic carbocycles. The van der Waals surface area contributed by atoms with E-state index in [4.69, 9.17) is 4.74 Å². The van der Waals surface area contributed by atoms with Crippen LogP contribution in [0.15, 0.2) is 24.3 Å². The van der Waals surface area contributed by atoms with Gasteiger partial charge in [-0.2, -0.15) is 0 Å². The third kappa shape index (κ3) is 3.76. The maximum absolute atomic E-state index is 11.4. The highest BCUT2D eigenvalue weighted by Crippen LogP contribution is 2.28. The zero-order chi connectivity index (χ0) is 12.8. The summed E-state index contributed by atoms with van der Waals surface area (Å²) in [5.74, 6) is 1.52. The molecule has 98 valence electrons. The van der Waals surface area contributed by atoms with Crippen LogP contribution in [0.2, 0.25) is 0 Å². The van der Waals surface area contributed by atoms with Crippen molar-refractivity contribution >= 4 is 5.91 Å². The largest absolute Gasteiger partial charge is 0.496 e. The third-order valence-electron chi connectivity index (χ3n) is 3.31. The van der Waals surface area contributed by atoms with Crippen LogP contribution in [0.3, 0.4) is 0 Å². The lowest BCUT2D eigenvalue weighted by molar-refractivity contribution is -0.122. The highest BCUT2D eigenvalue weighted by atomic mass is 16.5. The molecule has 1 N–H and O–H groups in total. The summed E-state index contributed by atoms with van der Waals surface area (Å²) < 4.78 is 5.31. The van der Waals surface area contributed by atoms with Crippen LogP contribution in [0.5, 0.6) is 5.75 Å². The number of para-hydroxylation sites is 1. The average Bonchev–Trinajstić information content (AvgIpc) is 3.23. The second-order valence-electron chi connectivity index (χ2n) is 4.83. The van der Waals surface area contributed by atoms with Crippen molar-refractivity contribution in [3.63, 3.8) is 0 Å². The van der Waals surface area contributed by atoms with E-state index in [1.807, 2.05) is 18.2 Å². The van der Waals surface area contributed by atoms with Gasteiger partial charge in [-0.25, -0.2) is 0 Å². The molecule has 0 bridgehead atoms. The van der Waals surface area contributed by atoms with Crippen molar-refractivity contribution in [2.75, 3.05) is 13.7 Å². The Kier molecular flexibility index (Phi) is 4.62. The Morgan fingerprint density at radius 2 is 2.11 bits per heavy atom. The van der Waals surface area contributed by atoms with Crippen molar-refractivity contribution < 1.29 is 9.53 Å². The van der Waals surface area contributed by atoms with Gasteiger partial charge in [0.1, 0.15) is 5.75 Å². The van der Waals surface area contributed by atoms with E-state index in [1.54, 1.807) is 7.11 Å². The molecule has 0 aliphatic heterocycles. The minimum absolute atomic E-state index is 0.243. The van der Waals surface area contributed by atoms with Crippen LogP contribution in [-0.2, 0) is 11.2 Å². The Morgan fingerprint density at radius 3 is 2.83 bits per heavy atom. The summed E-state index contributed by atoms with van der Waals surface area (Å²) in [5.41, 5.74) is 1.24. The van der Waals surface area contributed by atoms with Gasteiger partial charge in [0, 0.05) is 12.5 Å². The molecule has 0 atom stereocenters. The van der Waals surface area contributed by atoms with Crippen molar-refractivity contribution in [1.82, 2.24) is 5.32 Å². The Hall–Kier alpha value is -1.51. The molecule has 0 unspecified atom stereocenters. The molecule has 2 rings (SSSR count). The smallest absolute Gasteiger partial charge is 0.223 e. The topological polar surface area (TPSA) is 38.3 Å². The van der Waals surface area contributed by atoms with Crippen LogP contribution >= 0.6 is 0 Å². The Bertz CT molecular complexity index is 399. The van der Waals surface area contributed by atoms with E-state index >= 15 is 0 Å². The number of aryl methyl sites for hydroxylation is 1. The van der Waals surface area contributed by atoms with Crippen molar-refractivity contribution in [3.8, 4) is 5.75 Å². The van der Waals surface area contributed by atoms with Gasteiger partial charge in [0.25, 0.3) is 0 Å². The van der Waals surface area contributed by atoms with Gasteiger partial charge in [-0.05, 0) is 43.7 Å². The van der Waals surface area contributed by atoms with Crippen LogP contribution < -0.4 is 10.1 Å². The average molecular weight is 247 g/mol. The molecule has 0 heterocycles. The molecule has 1 aliphatic rings. The van der Waals surface area contributed by atoms with Gasteiger partial charge >= 0.3 is 0 Å². The van der Waals surface area contributed by atoms with E-state index in [9.17, 15) is 4.79 Å². The molecule has 0 spiro atoms. The SMILES string of the molecule is COc1ccccc1CCCCNC(=O)C1CC1. The van der Waals surface area contributed by atoms with Crippen LogP contribution in [0.1, 0.15) is 31.2 Å². The first-order valence-corrected chi connectivity index (χ1v) is 6.71. The summed E-state index contributed by atoms with van der Waals surface area (Å²) in [4.78, 5) is 11.4. The molecule has 3 heteroatoms. The maximum Gasteiger partial charge on any atom is 0.223 e. The van der Waals surface area contributed by atoms with Gasteiger partial charge in [0.05, 0.1) is 7.11 Å². The van der Waals surface area contributed by atoms with Gasteiger partial charge in [-0.15, -0.1) is 0 Å². The minimum Gasteiger partial charge on any atom is -0.496 e. The number of hydrogen-bond donors (Lipinski definition) is 1. The molecule has 3 nitrogen and oxygen atoms in total. The standard InChI is InChI=1S/C15H21NO2/c1-18-14-8-3-2-6-12(14)7-4-5-11-16-15(17)13-9-10-13/h2-3,6,8,13H,4-5,7,9-11H2,1H3,(H,16,17). The van der Waals surface area contributed by atoms with E-state index in [0.29, 0.717) is 5.92 Å².